The van der Waals surface area contributed by atoms with Crippen LogP contribution in [0.3, 0.4) is 0 Å². The third-order valence-electron chi connectivity index (χ3n) is 3.94. The Morgan fingerprint density at radius 3 is 2.84 bits per heavy atom. The van der Waals surface area contributed by atoms with Crippen molar-refractivity contribution in [2.24, 2.45) is 0 Å². The van der Waals surface area contributed by atoms with Crippen molar-refractivity contribution in [3.8, 4) is 0 Å². The van der Waals surface area contributed by atoms with Crippen molar-refractivity contribution in [3.05, 3.63) is 23.0 Å². The summed E-state index contributed by atoms with van der Waals surface area (Å²) in [5, 5.41) is 13.5. The first-order valence-corrected chi connectivity index (χ1v) is 6.99. The van der Waals surface area contributed by atoms with Crippen LogP contribution in [0.25, 0.3) is 0 Å². The minimum Gasteiger partial charge on any atom is -0.390 e. The molecule has 2 atom stereocenters. The van der Waals surface area contributed by atoms with Crippen LogP contribution >= 0.6 is 11.6 Å². The van der Waals surface area contributed by atoms with Crippen LogP contribution in [-0.2, 0) is 0 Å². The number of amides is 1. The molecule has 3 rings (SSSR count). The summed E-state index contributed by atoms with van der Waals surface area (Å²) in [4.78, 5) is 14.2. The van der Waals surface area contributed by atoms with Gasteiger partial charge in [-0.25, -0.2) is 0 Å². The number of likely N-dealkylation sites (N-methyl/N-ethyl adjacent to an activating group) is 1. The first kappa shape index (κ1) is 13.0. The fourth-order valence-corrected chi connectivity index (χ4v) is 2.86. The molecule has 1 aliphatic heterocycles. The Morgan fingerprint density at radius 2 is 2.26 bits per heavy atom. The number of aliphatic hydroxyl groups is 1. The van der Waals surface area contributed by atoms with Gasteiger partial charge < -0.3 is 19.9 Å². The fraction of sp³-hybridized carbons (Fsp3) is 0.615. The second kappa shape index (κ2) is 4.81. The molecule has 1 saturated carbocycles. The quantitative estimate of drug-likeness (QED) is 0.866. The van der Waals surface area contributed by atoms with Gasteiger partial charge in [0.05, 0.1) is 17.2 Å². The Kier molecular flexibility index (Phi) is 3.28. The lowest BCUT2D eigenvalue weighted by Gasteiger charge is -2.26. The van der Waals surface area contributed by atoms with Crippen LogP contribution in [0.1, 0.15) is 29.4 Å². The van der Waals surface area contributed by atoms with Gasteiger partial charge in [0.1, 0.15) is 5.69 Å². The molecule has 1 aromatic rings. The molecule has 6 heteroatoms. The SMILES string of the molecule is CN(C(=O)c1cc(Cl)cn1C1CC1)[C@@H]1CNC[C@H]1O. The molecule has 2 fully saturated rings. The number of halogens is 1. The summed E-state index contributed by atoms with van der Waals surface area (Å²) in [6, 6.07) is 1.95. The molecular formula is C13H18ClN3O2. The second-order valence-electron chi connectivity index (χ2n) is 5.39. The van der Waals surface area contributed by atoms with E-state index in [1.807, 2.05) is 10.8 Å². The number of carbonyl (C=O) groups excluding carboxylic acids is 1. The molecule has 2 N–H and O–H groups in total. The Hall–Kier alpha value is -1.04. The summed E-state index contributed by atoms with van der Waals surface area (Å²) in [6.45, 7) is 1.16. The van der Waals surface area contributed by atoms with Crippen molar-refractivity contribution < 1.29 is 9.90 Å². The molecule has 0 unspecified atom stereocenters. The van der Waals surface area contributed by atoms with Crippen molar-refractivity contribution >= 4 is 17.5 Å². The van der Waals surface area contributed by atoms with Crippen molar-refractivity contribution in [2.45, 2.75) is 31.0 Å². The van der Waals surface area contributed by atoms with Crippen LogP contribution in [-0.4, -0.2) is 52.8 Å². The van der Waals surface area contributed by atoms with Crippen molar-refractivity contribution in [3.63, 3.8) is 0 Å². The predicted molar refractivity (Wildman–Crippen MR) is 72.5 cm³/mol. The Balaban J connectivity index is 1.83. The van der Waals surface area contributed by atoms with Gasteiger partial charge in [0.2, 0.25) is 0 Å². The number of nitrogens with zero attached hydrogens (tertiary/aromatic N) is 2. The van der Waals surface area contributed by atoms with E-state index in [2.05, 4.69) is 5.32 Å². The molecule has 19 heavy (non-hydrogen) atoms. The topological polar surface area (TPSA) is 57.5 Å². The molecule has 5 nitrogen and oxygen atoms in total. The van der Waals surface area contributed by atoms with Gasteiger partial charge >= 0.3 is 0 Å². The van der Waals surface area contributed by atoms with Crippen LogP contribution in [0.2, 0.25) is 5.02 Å². The maximum Gasteiger partial charge on any atom is 0.270 e. The average molecular weight is 284 g/mol. The molecule has 104 valence electrons. The van der Waals surface area contributed by atoms with Crippen LogP contribution in [0.4, 0.5) is 0 Å². The van der Waals surface area contributed by atoms with E-state index < -0.39 is 6.10 Å². The summed E-state index contributed by atoms with van der Waals surface area (Å²) >= 11 is 6.02. The lowest BCUT2D eigenvalue weighted by molar-refractivity contribution is 0.0571. The van der Waals surface area contributed by atoms with E-state index in [9.17, 15) is 9.90 Å². The number of carbonyl (C=O) groups is 1. The molecule has 0 radical (unpaired) electrons. The van der Waals surface area contributed by atoms with Crippen LogP contribution in [0, 0.1) is 0 Å². The van der Waals surface area contributed by atoms with Gasteiger partial charge in [-0.2, -0.15) is 0 Å². The molecule has 0 bridgehead atoms. The summed E-state index contributed by atoms with van der Waals surface area (Å²) in [7, 11) is 1.74. The second-order valence-corrected chi connectivity index (χ2v) is 5.83. The number of nitrogens with one attached hydrogen (secondary N) is 1. The van der Waals surface area contributed by atoms with Gasteiger partial charge in [-0.15, -0.1) is 0 Å². The van der Waals surface area contributed by atoms with Gasteiger partial charge in [0.15, 0.2) is 0 Å². The van der Waals surface area contributed by atoms with Crippen LogP contribution < -0.4 is 5.32 Å². The number of hydrogen-bond acceptors (Lipinski definition) is 3. The van der Waals surface area contributed by atoms with Gasteiger partial charge in [0, 0.05) is 32.4 Å². The fourth-order valence-electron chi connectivity index (χ4n) is 2.65. The number of aliphatic hydroxyl groups excluding tert-OH is 1. The lowest BCUT2D eigenvalue weighted by Crippen LogP contribution is -2.44. The molecule has 0 spiro atoms. The normalized spacial score (nSPS) is 26.7. The molecule has 1 aliphatic carbocycles. The highest BCUT2D eigenvalue weighted by Gasteiger charge is 2.34. The van der Waals surface area contributed by atoms with Gasteiger partial charge in [-0.1, -0.05) is 11.6 Å². The minimum atomic E-state index is -0.506. The standard InChI is InChI=1S/C13H18ClN3O2/c1-16(11-5-15-6-12(11)18)13(19)10-4-8(14)7-17(10)9-2-3-9/h4,7,9,11-12,15,18H,2-3,5-6H2,1H3/t11-,12-/m1/s1. The number of β-amino-alcohol motifs (C(OH)–C–C–N with tert-alkyl or cyclic N) is 1. The first-order chi connectivity index (χ1) is 9.08. The van der Waals surface area contributed by atoms with Crippen molar-refractivity contribution in [2.75, 3.05) is 20.1 Å². The van der Waals surface area contributed by atoms with Crippen LogP contribution in [0.5, 0.6) is 0 Å². The summed E-state index contributed by atoms with van der Waals surface area (Å²) in [5.74, 6) is -0.0773. The van der Waals surface area contributed by atoms with E-state index in [1.54, 1.807) is 18.0 Å². The Morgan fingerprint density at radius 1 is 1.53 bits per heavy atom. The molecule has 1 amide bonds. The highest BCUT2D eigenvalue weighted by Crippen LogP contribution is 2.37. The van der Waals surface area contributed by atoms with E-state index >= 15 is 0 Å². The monoisotopic (exact) mass is 283 g/mol. The van der Waals surface area contributed by atoms with E-state index in [4.69, 9.17) is 11.6 Å². The smallest absolute Gasteiger partial charge is 0.270 e. The summed E-state index contributed by atoms with van der Waals surface area (Å²) in [6.07, 6.45) is 3.52. The first-order valence-electron chi connectivity index (χ1n) is 6.61. The van der Waals surface area contributed by atoms with E-state index in [0.29, 0.717) is 29.8 Å². The summed E-state index contributed by atoms with van der Waals surface area (Å²) < 4.78 is 1.97. The predicted octanol–water partition coefficient (Wildman–Crippen LogP) is 0.881. The molecule has 1 saturated heterocycles. The number of rotatable bonds is 3. The van der Waals surface area contributed by atoms with E-state index in [0.717, 1.165) is 12.8 Å². The Bertz CT molecular complexity index is 498. The third-order valence-corrected chi connectivity index (χ3v) is 4.15. The maximum absolute atomic E-state index is 12.6. The van der Waals surface area contributed by atoms with Crippen LogP contribution in [0.15, 0.2) is 12.3 Å². The van der Waals surface area contributed by atoms with Crippen molar-refractivity contribution in [1.82, 2.24) is 14.8 Å². The summed E-state index contributed by atoms with van der Waals surface area (Å²) in [5.41, 5.74) is 0.620. The number of aromatic nitrogens is 1. The third kappa shape index (κ3) is 2.38. The number of hydrogen-bond donors (Lipinski definition) is 2. The van der Waals surface area contributed by atoms with Gasteiger partial charge in [-0.05, 0) is 18.9 Å². The van der Waals surface area contributed by atoms with Gasteiger partial charge in [0.25, 0.3) is 5.91 Å². The van der Waals surface area contributed by atoms with Crippen molar-refractivity contribution in [1.29, 1.82) is 0 Å². The molecule has 0 aromatic carbocycles. The minimum absolute atomic E-state index is 0.0773. The maximum atomic E-state index is 12.6. The highest BCUT2D eigenvalue weighted by atomic mass is 35.5. The van der Waals surface area contributed by atoms with Gasteiger partial charge in [-0.3, -0.25) is 4.79 Å². The Labute approximate surface area is 117 Å². The molecular weight excluding hydrogens is 266 g/mol. The van der Waals surface area contributed by atoms with E-state index in [1.165, 1.54) is 0 Å². The molecule has 2 aliphatic rings. The highest BCUT2D eigenvalue weighted by molar-refractivity contribution is 6.31. The lowest BCUT2D eigenvalue weighted by atomic mass is 10.2. The zero-order valence-corrected chi connectivity index (χ0v) is 11.6. The average Bonchev–Trinajstić information content (AvgIpc) is 3.03. The zero-order chi connectivity index (χ0) is 13.6. The van der Waals surface area contributed by atoms with E-state index in [-0.39, 0.29) is 11.9 Å². The zero-order valence-electron chi connectivity index (χ0n) is 10.8. The molecule has 1 aromatic heterocycles. The largest absolute Gasteiger partial charge is 0.390 e. The molecule has 2 heterocycles.